The Labute approximate surface area is 127 Å². The van der Waals surface area contributed by atoms with Gasteiger partial charge in [-0.2, -0.15) is 0 Å². The summed E-state index contributed by atoms with van der Waals surface area (Å²) in [5.41, 5.74) is -1.39. The zero-order valence-corrected chi connectivity index (χ0v) is 13.0. The summed E-state index contributed by atoms with van der Waals surface area (Å²) >= 11 is 13.8. The van der Waals surface area contributed by atoms with Crippen LogP contribution in [0.5, 0.6) is 0 Å². The second-order valence-electron chi connectivity index (χ2n) is 5.97. The molecule has 4 fully saturated rings. The molecule has 2 heterocycles. The Hall–Kier alpha value is 0.380. The predicted molar refractivity (Wildman–Crippen MR) is 70.8 cm³/mol. The van der Waals surface area contributed by atoms with Gasteiger partial charge >= 0.3 is 0 Å². The molecule has 2 saturated carbocycles. The molecule has 2 aliphatic heterocycles. The van der Waals surface area contributed by atoms with E-state index in [1.165, 1.54) is 0 Å². The first-order chi connectivity index (χ1) is 9.39. The molecule has 0 amide bonds. The van der Waals surface area contributed by atoms with E-state index in [0.29, 0.717) is 26.2 Å². The van der Waals surface area contributed by atoms with Crippen LogP contribution in [0.1, 0.15) is 20.3 Å². The van der Waals surface area contributed by atoms with Crippen molar-refractivity contribution in [2.75, 3.05) is 26.4 Å². The summed E-state index contributed by atoms with van der Waals surface area (Å²) in [5.74, 6) is -2.70. The average Bonchev–Trinajstić information content (AvgIpc) is 2.79. The van der Waals surface area contributed by atoms with Gasteiger partial charge in [-0.05, 0) is 20.3 Å². The van der Waals surface area contributed by atoms with E-state index in [2.05, 4.69) is 0 Å². The van der Waals surface area contributed by atoms with Crippen molar-refractivity contribution in [2.24, 2.45) is 5.92 Å². The van der Waals surface area contributed by atoms with Gasteiger partial charge in [0.1, 0.15) is 4.87 Å². The summed E-state index contributed by atoms with van der Waals surface area (Å²) in [5, 5.41) is 11.1. The minimum atomic E-state index is -1.39. The number of hydrogen-bond donors (Lipinski definition) is 1. The fourth-order valence-corrected chi connectivity index (χ4v) is 6.11. The molecule has 114 valence electrons. The molecule has 5 unspecified atom stereocenters. The van der Waals surface area contributed by atoms with Crippen molar-refractivity contribution < 1.29 is 24.1 Å². The van der Waals surface area contributed by atoms with E-state index >= 15 is 0 Å². The molecular formula is C13H18Cl2O5. The minimum Gasteiger partial charge on any atom is -0.380 e. The Morgan fingerprint density at radius 2 is 1.85 bits per heavy atom. The van der Waals surface area contributed by atoms with Gasteiger partial charge in [-0.15, -0.1) is 23.2 Å². The monoisotopic (exact) mass is 324 g/mol. The highest BCUT2D eigenvalue weighted by molar-refractivity contribution is 6.33. The predicted octanol–water partition coefficient (Wildman–Crippen LogP) is 1.23. The third-order valence-corrected chi connectivity index (χ3v) is 6.96. The van der Waals surface area contributed by atoms with E-state index < -0.39 is 26.9 Å². The summed E-state index contributed by atoms with van der Waals surface area (Å²) in [7, 11) is 0. The fourth-order valence-electron chi connectivity index (χ4n) is 4.76. The van der Waals surface area contributed by atoms with Gasteiger partial charge in [-0.25, -0.2) is 0 Å². The standard InChI is InChI=1S/C13H18Cl2O5/c1-3-17-12(18-4-2)9(14)5-8-6-19-13(11(8,12)15)10(9,16)7-20-13/h8,16H,3-7H2,1-2H3. The molecular weight excluding hydrogens is 307 g/mol. The molecule has 2 saturated heterocycles. The van der Waals surface area contributed by atoms with E-state index in [9.17, 15) is 5.11 Å². The van der Waals surface area contributed by atoms with Crippen LogP contribution in [0.25, 0.3) is 0 Å². The minimum absolute atomic E-state index is 0.0691. The van der Waals surface area contributed by atoms with Crippen molar-refractivity contribution in [1.82, 2.24) is 0 Å². The lowest BCUT2D eigenvalue weighted by Gasteiger charge is -2.56. The Morgan fingerprint density at radius 1 is 1.20 bits per heavy atom. The molecule has 20 heavy (non-hydrogen) atoms. The Balaban J connectivity index is 1.97. The number of fused-ring (bicyclic) bond motifs is 2. The highest BCUT2D eigenvalue weighted by atomic mass is 35.5. The SMILES string of the molecule is CCOC1(OCC)C2(Cl)CC3COC4(OCC24O)C31Cl. The van der Waals surface area contributed by atoms with Gasteiger partial charge < -0.3 is 24.1 Å². The lowest BCUT2D eigenvalue weighted by molar-refractivity contribution is -0.398. The molecule has 7 heteroatoms. The number of alkyl halides is 2. The van der Waals surface area contributed by atoms with Gasteiger partial charge in [0.15, 0.2) is 10.5 Å². The number of ether oxygens (including phenoxy) is 4. The first-order valence-electron chi connectivity index (χ1n) is 7.05. The molecule has 0 aromatic carbocycles. The molecule has 0 radical (unpaired) electrons. The summed E-state index contributed by atoms with van der Waals surface area (Å²) < 4.78 is 23.3. The molecule has 1 spiro atoms. The Kier molecular flexibility index (Phi) is 2.55. The van der Waals surface area contributed by atoms with Crippen LogP contribution in [-0.4, -0.2) is 58.5 Å². The summed E-state index contributed by atoms with van der Waals surface area (Å²) in [4.78, 5) is -2.28. The quantitative estimate of drug-likeness (QED) is 0.622. The molecule has 2 bridgehead atoms. The van der Waals surface area contributed by atoms with E-state index in [-0.39, 0.29) is 12.5 Å². The lowest BCUT2D eigenvalue weighted by Crippen LogP contribution is -2.77. The van der Waals surface area contributed by atoms with E-state index in [1.807, 2.05) is 13.8 Å². The van der Waals surface area contributed by atoms with Crippen LogP contribution in [0.4, 0.5) is 0 Å². The number of halogens is 2. The van der Waals surface area contributed by atoms with Gasteiger partial charge in [0.05, 0.1) is 13.2 Å². The third kappa shape index (κ3) is 0.927. The number of rotatable bonds is 4. The molecule has 5 atom stereocenters. The van der Waals surface area contributed by atoms with Crippen LogP contribution in [0.3, 0.4) is 0 Å². The summed E-state index contributed by atoms with van der Waals surface area (Å²) in [6.45, 7) is 4.93. The van der Waals surface area contributed by atoms with Crippen LogP contribution in [0.2, 0.25) is 0 Å². The second-order valence-corrected chi connectivity index (χ2v) is 7.21. The summed E-state index contributed by atoms with van der Waals surface area (Å²) in [6, 6.07) is 0. The van der Waals surface area contributed by atoms with Crippen LogP contribution in [0.15, 0.2) is 0 Å². The van der Waals surface area contributed by atoms with Crippen LogP contribution in [-0.2, 0) is 18.9 Å². The maximum atomic E-state index is 11.1. The van der Waals surface area contributed by atoms with Crippen LogP contribution in [0, 0.1) is 5.92 Å². The van der Waals surface area contributed by atoms with Crippen molar-refractivity contribution in [3.63, 3.8) is 0 Å². The van der Waals surface area contributed by atoms with E-state index in [4.69, 9.17) is 42.1 Å². The number of aliphatic hydroxyl groups is 1. The molecule has 5 nitrogen and oxygen atoms in total. The van der Waals surface area contributed by atoms with Gasteiger partial charge in [0.2, 0.25) is 11.6 Å². The van der Waals surface area contributed by atoms with Crippen molar-refractivity contribution in [1.29, 1.82) is 0 Å². The van der Waals surface area contributed by atoms with E-state index in [0.717, 1.165) is 0 Å². The lowest BCUT2D eigenvalue weighted by atomic mass is 9.72. The van der Waals surface area contributed by atoms with Gasteiger partial charge in [-0.1, -0.05) is 0 Å². The Morgan fingerprint density at radius 3 is 2.35 bits per heavy atom. The van der Waals surface area contributed by atoms with Gasteiger partial charge in [-0.3, -0.25) is 0 Å². The molecule has 4 rings (SSSR count). The zero-order valence-electron chi connectivity index (χ0n) is 11.4. The molecule has 0 aromatic heterocycles. The average molecular weight is 325 g/mol. The van der Waals surface area contributed by atoms with Gasteiger partial charge in [0, 0.05) is 19.1 Å². The maximum Gasteiger partial charge on any atom is 0.227 e. The molecule has 1 N–H and O–H groups in total. The molecule has 4 aliphatic rings. The van der Waals surface area contributed by atoms with Crippen LogP contribution < -0.4 is 0 Å². The second kappa shape index (κ2) is 3.65. The topological polar surface area (TPSA) is 57.2 Å². The Bertz CT molecular complexity index is 470. The van der Waals surface area contributed by atoms with Crippen molar-refractivity contribution >= 4 is 23.2 Å². The first kappa shape index (κ1) is 14.0. The zero-order chi connectivity index (χ0) is 14.4. The third-order valence-electron chi connectivity index (χ3n) is 5.44. The fraction of sp³-hybridized carbons (Fsp3) is 1.00. The van der Waals surface area contributed by atoms with Crippen LogP contribution >= 0.6 is 23.2 Å². The molecule has 0 aromatic rings. The van der Waals surface area contributed by atoms with E-state index in [1.54, 1.807) is 0 Å². The first-order valence-corrected chi connectivity index (χ1v) is 7.81. The van der Waals surface area contributed by atoms with Crippen molar-refractivity contribution in [3.05, 3.63) is 0 Å². The highest BCUT2D eigenvalue weighted by Crippen LogP contribution is 2.81. The maximum absolute atomic E-state index is 11.1. The smallest absolute Gasteiger partial charge is 0.227 e. The summed E-state index contributed by atoms with van der Waals surface area (Å²) in [6.07, 6.45) is 0.486. The molecule has 2 aliphatic carbocycles. The van der Waals surface area contributed by atoms with Gasteiger partial charge in [0.25, 0.3) is 0 Å². The largest absolute Gasteiger partial charge is 0.380 e. The van der Waals surface area contributed by atoms with Crippen molar-refractivity contribution in [3.8, 4) is 0 Å². The van der Waals surface area contributed by atoms with Crippen molar-refractivity contribution in [2.45, 2.75) is 47.2 Å². The number of hydrogen-bond acceptors (Lipinski definition) is 5. The highest BCUT2D eigenvalue weighted by Gasteiger charge is 3.02. The normalized spacial score (nSPS) is 57.8.